The number of benzene rings is 1. The number of ether oxygens (including phenoxy) is 1. The number of nitrogens with zero attached hydrogens (tertiary/aromatic N) is 1. The summed E-state index contributed by atoms with van der Waals surface area (Å²) < 4.78 is 6.84. The smallest absolute Gasteiger partial charge is 0.339 e. The summed E-state index contributed by atoms with van der Waals surface area (Å²) in [7, 11) is 0. The van der Waals surface area contributed by atoms with E-state index >= 15 is 0 Å². The summed E-state index contributed by atoms with van der Waals surface area (Å²) in [6.45, 7) is 0. The van der Waals surface area contributed by atoms with Crippen LogP contribution in [0.4, 0.5) is 0 Å². The molecule has 2 aromatic rings. The molecule has 0 spiro atoms. The van der Waals surface area contributed by atoms with Crippen LogP contribution in [0.2, 0.25) is 0 Å². The molecule has 17 heavy (non-hydrogen) atoms. The summed E-state index contributed by atoms with van der Waals surface area (Å²) in [5.74, 6) is -0.781. The molecule has 0 aliphatic carbocycles. The maximum atomic E-state index is 11.0. The first-order valence-electron chi connectivity index (χ1n) is 4.38. The lowest BCUT2D eigenvalue weighted by molar-refractivity contribution is 0.0694. The molecule has 0 bridgehead atoms. The zero-order valence-electron chi connectivity index (χ0n) is 8.18. The van der Waals surface area contributed by atoms with E-state index in [2.05, 4.69) is 36.8 Å². The van der Waals surface area contributed by atoms with Gasteiger partial charge in [0.1, 0.15) is 15.9 Å². The van der Waals surface area contributed by atoms with Crippen LogP contribution in [0.25, 0.3) is 0 Å². The molecule has 0 saturated heterocycles. The van der Waals surface area contributed by atoms with E-state index in [0.29, 0.717) is 9.80 Å². The highest BCUT2D eigenvalue weighted by Gasteiger charge is 2.13. The average molecular weight is 379 g/mol. The lowest BCUT2D eigenvalue weighted by Crippen LogP contribution is -1.99. The fourth-order valence-corrected chi connectivity index (χ4v) is 2.58. The van der Waals surface area contributed by atoms with Gasteiger partial charge in [-0.2, -0.15) is 4.98 Å². The Labute approximate surface area is 118 Å². The van der Waals surface area contributed by atoms with Gasteiger partial charge in [0, 0.05) is 9.85 Å². The number of aromatic nitrogens is 1. The fourth-order valence-electron chi connectivity index (χ4n) is 1.14. The van der Waals surface area contributed by atoms with Gasteiger partial charge in [-0.15, -0.1) is 0 Å². The maximum absolute atomic E-state index is 11.0. The summed E-state index contributed by atoms with van der Waals surface area (Å²) in [4.78, 5) is 15.0. The average Bonchev–Trinajstić information content (AvgIpc) is 2.63. The highest BCUT2D eigenvalue weighted by atomic mass is 79.9. The minimum Gasteiger partial charge on any atom is -0.478 e. The second kappa shape index (κ2) is 5.16. The quantitative estimate of drug-likeness (QED) is 0.871. The van der Waals surface area contributed by atoms with Crippen molar-refractivity contribution in [2.45, 2.75) is 0 Å². The molecule has 1 aromatic carbocycles. The molecular weight excluding hydrogens is 374 g/mol. The molecule has 0 fully saturated rings. The molecule has 1 heterocycles. The molecule has 0 atom stereocenters. The SMILES string of the molecule is O=C(O)c1ccc(Br)cc1Oc1nc(Br)cs1. The first-order valence-corrected chi connectivity index (χ1v) is 6.84. The number of hydrogen-bond acceptors (Lipinski definition) is 4. The van der Waals surface area contributed by atoms with E-state index in [1.165, 1.54) is 17.4 Å². The van der Waals surface area contributed by atoms with E-state index in [4.69, 9.17) is 9.84 Å². The molecule has 7 heteroatoms. The Hall–Kier alpha value is -0.920. The number of halogens is 2. The number of thiazole rings is 1. The normalized spacial score (nSPS) is 10.2. The van der Waals surface area contributed by atoms with Crippen LogP contribution in [0.3, 0.4) is 0 Å². The van der Waals surface area contributed by atoms with Crippen molar-refractivity contribution in [3.05, 3.63) is 38.2 Å². The molecule has 1 N–H and O–H groups in total. The molecule has 0 aliphatic heterocycles. The summed E-state index contributed by atoms with van der Waals surface area (Å²) >= 11 is 7.75. The zero-order chi connectivity index (χ0) is 12.4. The van der Waals surface area contributed by atoms with Crippen molar-refractivity contribution in [2.24, 2.45) is 0 Å². The van der Waals surface area contributed by atoms with Gasteiger partial charge in [0.05, 0.1) is 0 Å². The van der Waals surface area contributed by atoms with Gasteiger partial charge in [0.2, 0.25) is 0 Å². The largest absolute Gasteiger partial charge is 0.478 e. The molecule has 1 aromatic heterocycles. The highest BCUT2D eigenvalue weighted by molar-refractivity contribution is 9.10. The molecule has 4 nitrogen and oxygen atoms in total. The van der Waals surface area contributed by atoms with E-state index < -0.39 is 5.97 Å². The van der Waals surface area contributed by atoms with E-state index in [1.807, 2.05) is 0 Å². The molecule has 0 radical (unpaired) electrons. The van der Waals surface area contributed by atoms with Gasteiger partial charge in [0.25, 0.3) is 5.19 Å². The topological polar surface area (TPSA) is 59.4 Å². The Morgan fingerprint density at radius 2 is 2.18 bits per heavy atom. The van der Waals surface area contributed by atoms with Gasteiger partial charge < -0.3 is 9.84 Å². The minimum atomic E-state index is -1.04. The van der Waals surface area contributed by atoms with Crippen molar-refractivity contribution in [1.29, 1.82) is 0 Å². The van der Waals surface area contributed by atoms with Crippen LogP contribution >= 0.6 is 43.2 Å². The third kappa shape index (κ3) is 3.05. The van der Waals surface area contributed by atoms with Crippen molar-refractivity contribution >= 4 is 49.2 Å². The van der Waals surface area contributed by atoms with Crippen LogP contribution in [0, 0.1) is 0 Å². The van der Waals surface area contributed by atoms with Gasteiger partial charge in [0.15, 0.2) is 0 Å². The number of hydrogen-bond donors (Lipinski definition) is 1. The fraction of sp³-hybridized carbons (Fsp3) is 0. The van der Waals surface area contributed by atoms with E-state index in [1.54, 1.807) is 17.5 Å². The number of rotatable bonds is 3. The van der Waals surface area contributed by atoms with Crippen molar-refractivity contribution in [3.8, 4) is 10.9 Å². The van der Waals surface area contributed by atoms with Gasteiger partial charge in [-0.25, -0.2) is 4.79 Å². The number of aromatic carboxylic acids is 1. The number of carboxylic acids is 1. The molecule has 0 unspecified atom stereocenters. The van der Waals surface area contributed by atoms with Crippen molar-refractivity contribution < 1.29 is 14.6 Å². The first-order chi connectivity index (χ1) is 8.06. The molecule has 0 amide bonds. The van der Waals surface area contributed by atoms with E-state index in [9.17, 15) is 4.79 Å². The van der Waals surface area contributed by atoms with Gasteiger partial charge >= 0.3 is 5.97 Å². The van der Waals surface area contributed by atoms with Crippen LogP contribution in [-0.4, -0.2) is 16.1 Å². The van der Waals surface area contributed by atoms with Crippen LogP contribution in [-0.2, 0) is 0 Å². The summed E-state index contributed by atoms with van der Waals surface area (Å²) in [6, 6.07) is 4.72. The van der Waals surface area contributed by atoms with E-state index in [0.717, 1.165) is 4.47 Å². The Balaban J connectivity index is 2.37. The second-order valence-corrected chi connectivity index (χ2v) is 5.53. The standard InChI is InChI=1S/C10H5Br2NO3S/c11-5-1-2-6(9(14)15)7(3-5)16-10-13-8(12)4-17-10/h1-4H,(H,14,15). The van der Waals surface area contributed by atoms with Gasteiger partial charge in [-0.1, -0.05) is 27.3 Å². The zero-order valence-corrected chi connectivity index (χ0v) is 12.2. The molecule has 0 aliphatic rings. The highest BCUT2D eigenvalue weighted by Crippen LogP contribution is 2.31. The predicted octanol–water partition coefficient (Wildman–Crippen LogP) is 4.16. The van der Waals surface area contributed by atoms with Crippen LogP contribution in [0.5, 0.6) is 10.9 Å². The minimum absolute atomic E-state index is 0.0968. The summed E-state index contributed by atoms with van der Waals surface area (Å²) in [5, 5.41) is 11.2. The van der Waals surface area contributed by atoms with Crippen molar-refractivity contribution in [3.63, 3.8) is 0 Å². The van der Waals surface area contributed by atoms with Gasteiger partial charge in [-0.3, -0.25) is 0 Å². The van der Waals surface area contributed by atoms with Crippen LogP contribution < -0.4 is 4.74 Å². The Morgan fingerprint density at radius 3 is 2.76 bits per heavy atom. The molecular formula is C10H5Br2NO3S. The lowest BCUT2D eigenvalue weighted by Gasteiger charge is -2.06. The summed E-state index contributed by atoms with van der Waals surface area (Å²) in [6.07, 6.45) is 0. The lowest BCUT2D eigenvalue weighted by atomic mass is 10.2. The number of carbonyl (C=O) groups is 1. The van der Waals surface area contributed by atoms with Crippen molar-refractivity contribution in [1.82, 2.24) is 4.98 Å². The second-order valence-electron chi connectivity index (χ2n) is 2.98. The van der Waals surface area contributed by atoms with E-state index in [-0.39, 0.29) is 11.3 Å². The summed E-state index contributed by atoms with van der Waals surface area (Å²) in [5.41, 5.74) is 0.0968. The first kappa shape index (κ1) is 12.5. The van der Waals surface area contributed by atoms with Crippen LogP contribution in [0.15, 0.2) is 32.7 Å². The monoisotopic (exact) mass is 377 g/mol. The van der Waals surface area contributed by atoms with Crippen LogP contribution in [0.1, 0.15) is 10.4 Å². The molecule has 0 saturated carbocycles. The van der Waals surface area contributed by atoms with Crippen molar-refractivity contribution in [2.75, 3.05) is 0 Å². The third-order valence-corrected chi connectivity index (χ3v) is 3.75. The van der Waals surface area contributed by atoms with Gasteiger partial charge in [-0.05, 0) is 34.1 Å². The third-order valence-electron chi connectivity index (χ3n) is 1.83. The molecule has 88 valence electrons. The Bertz CT molecular complexity index is 570. The number of carboxylic acid groups (broad SMARTS) is 1. The Morgan fingerprint density at radius 1 is 1.41 bits per heavy atom. The molecule has 2 rings (SSSR count). The Kier molecular flexibility index (Phi) is 3.80. The maximum Gasteiger partial charge on any atom is 0.339 e. The predicted molar refractivity (Wildman–Crippen MR) is 71.0 cm³/mol.